The topological polar surface area (TPSA) is 64.1 Å². The molecule has 0 aliphatic heterocycles. The van der Waals surface area contributed by atoms with E-state index in [1.807, 2.05) is 12.1 Å². The smallest absolute Gasteiger partial charge is 0.231 e. The van der Waals surface area contributed by atoms with Gasteiger partial charge < -0.3 is 14.2 Å². The van der Waals surface area contributed by atoms with Gasteiger partial charge in [0.2, 0.25) is 5.71 Å². The molecule has 0 amide bonds. The zero-order valence-electron chi connectivity index (χ0n) is 11.8. The second-order valence-electron chi connectivity index (χ2n) is 5.37. The summed E-state index contributed by atoms with van der Waals surface area (Å²) in [5.41, 5.74) is 2.00. The van der Waals surface area contributed by atoms with Crippen LogP contribution in [0.15, 0.2) is 33.6 Å². The first-order chi connectivity index (χ1) is 10.4. The van der Waals surface area contributed by atoms with E-state index < -0.39 is 0 Å². The SMILES string of the molecule is c1coc(CCNc2ncnc3oc4c(c23)CCCC4)c1. The number of hydrogen-bond acceptors (Lipinski definition) is 5. The normalized spacial score (nSPS) is 14.3. The molecule has 0 aromatic carbocycles. The molecule has 4 rings (SSSR count). The zero-order valence-corrected chi connectivity index (χ0v) is 11.8. The van der Waals surface area contributed by atoms with Gasteiger partial charge in [-0.15, -0.1) is 0 Å². The van der Waals surface area contributed by atoms with Crippen LogP contribution in [0, 0.1) is 0 Å². The van der Waals surface area contributed by atoms with Crippen molar-refractivity contribution in [3.63, 3.8) is 0 Å². The Morgan fingerprint density at radius 2 is 2.14 bits per heavy atom. The van der Waals surface area contributed by atoms with Gasteiger partial charge in [-0.1, -0.05) is 0 Å². The molecule has 0 spiro atoms. The molecule has 1 aliphatic carbocycles. The third-order valence-electron chi connectivity index (χ3n) is 4.00. The summed E-state index contributed by atoms with van der Waals surface area (Å²) in [6.07, 6.45) is 8.57. The first-order valence-corrected chi connectivity index (χ1v) is 7.43. The van der Waals surface area contributed by atoms with Crippen molar-refractivity contribution < 1.29 is 8.83 Å². The number of furan rings is 2. The maximum atomic E-state index is 5.87. The van der Waals surface area contributed by atoms with Crippen molar-refractivity contribution in [3.05, 3.63) is 41.8 Å². The van der Waals surface area contributed by atoms with Crippen LogP contribution in [0.5, 0.6) is 0 Å². The molecule has 3 aromatic rings. The van der Waals surface area contributed by atoms with Crippen LogP contribution in [-0.4, -0.2) is 16.5 Å². The van der Waals surface area contributed by atoms with Crippen LogP contribution in [0.3, 0.4) is 0 Å². The van der Waals surface area contributed by atoms with Gasteiger partial charge in [0.15, 0.2) is 0 Å². The Hall–Kier alpha value is -2.30. The third-order valence-corrected chi connectivity index (χ3v) is 4.00. The minimum Gasteiger partial charge on any atom is -0.469 e. The van der Waals surface area contributed by atoms with Crippen LogP contribution < -0.4 is 5.32 Å². The average Bonchev–Trinajstić information content (AvgIpc) is 3.14. The molecular weight excluding hydrogens is 266 g/mol. The fourth-order valence-electron chi connectivity index (χ4n) is 2.98. The maximum Gasteiger partial charge on any atom is 0.231 e. The molecule has 3 aromatic heterocycles. The molecule has 21 heavy (non-hydrogen) atoms. The molecule has 0 fully saturated rings. The van der Waals surface area contributed by atoms with E-state index in [0.717, 1.165) is 48.5 Å². The van der Waals surface area contributed by atoms with Crippen molar-refractivity contribution in [2.24, 2.45) is 0 Å². The molecule has 0 saturated carbocycles. The van der Waals surface area contributed by atoms with Gasteiger partial charge in [-0.25, -0.2) is 9.97 Å². The lowest BCUT2D eigenvalue weighted by atomic mass is 9.96. The first kappa shape index (κ1) is 12.4. The van der Waals surface area contributed by atoms with Crippen LogP contribution in [0.1, 0.15) is 29.9 Å². The number of nitrogens with one attached hydrogen (secondary N) is 1. The number of hydrogen-bond donors (Lipinski definition) is 1. The molecular formula is C16H17N3O2. The van der Waals surface area contributed by atoms with Gasteiger partial charge in [-0.3, -0.25) is 0 Å². The maximum absolute atomic E-state index is 5.87. The Bertz CT molecular complexity index is 746. The van der Waals surface area contributed by atoms with Crippen LogP contribution in [0.25, 0.3) is 11.1 Å². The van der Waals surface area contributed by atoms with Crippen molar-refractivity contribution in [1.29, 1.82) is 0 Å². The number of rotatable bonds is 4. The van der Waals surface area contributed by atoms with Gasteiger partial charge in [0.25, 0.3) is 0 Å². The fourth-order valence-corrected chi connectivity index (χ4v) is 2.98. The van der Waals surface area contributed by atoms with Crippen LogP contribution in [0.2, 0.25) is 0 Å². The highest BCUT2D eigenvalue weighted by Crippen LogP contribution is 2.34. The summed E-state index contributed by atoms with van der Waals surface area (Å²) in [5.74, 6) is 2.94. The molecule has 1 N–H and O–H groups in total. The Kier molecular flexibility index (Phi) is 3.10. The Balaban J connectivity index is 1.60. The number of anilines is 1. The number of fused-ring (bicyclic) bond motifs is 3. The molecule has 108 valence electrons. The molecule has 3 heterocycles. The molecule has 1 aliphatic rings. The number of aromatic nitrogens is 2. The zero-order chi connectivity index (χ0) is 14.1. The summed E-state index contributed by atoms with van der Waals surface area (Å²) in [6, 6.07) is 3.89. The van der Waals surface area contributed by atoms with Crippen molar-refractivity contribution >= 4 is 16.9 Å². The molecule has 0 unspecified atom stereocenters. The Morgan fingerprint density at radius 1 is 1.19 bits per heavy atom. The highest BCUT2D eigenvalue weighted by atomic mass is 16.3. The van der Waals surface area contributed by atoms with Gasteiger partial charge in [-0.05, 0) is 31.4 Å². The Labute approximate surface area is 122 Å². The molecule has 0 radical (unpaired) electrons. The highest BCUT2D eigenvalue weighted by molar-refractivity contribution is 5.90. The van der Waals surface area contributed by atoms with Crippen LogP contribution in [0.4, 0.5) is 5.82 Å². The van der Waals surface area contributed by atoms with E-state index in [4.69, 9.17) is 8.83 Å². The largest absolute Gasteiger partial charge is 0.469 e. The summed E-state index contributed by atoms with van der Waals surface area (Å²) in [5, 5.41) is 4.45. The van der Waals surface area contributed by atoms with Crippen LogP contribution >= 0.6 is 0 Å². The van der Waals surface area contributed by atoms with Gasteiger partial charge in [0.1, 0.15) is 23.7 Å². The average molecular weight is 283 g/mol. The highest BCUT2D eigenvalue weighted by Gasteiger charge is 2.21. The van der Waals surface area contributed by atoms with E-state index >= 15 is 0 Å². The van der Waals surface area contributed by atoms with E-state index in [-0.39, 0.29) is 0 Å². The van der Waals surface area contributed by atoms with E-state index in [9.17, 15) is 0 Å². The predicted molar refractivity (Wildman–Crippen MR) is 79.3 cm³/mol. The quantitative estimate of drug-likeness (QED) is 0.795. The molecule has 0 atom stereocenters. The van der Waals surface area contributed by atoms with E-state index in [2.05, 4.69) is 15.3 Å². The van der Waals surface area contributed by atoms with Crippen molar-refractivity contribution in [3.8, 4) is 0 Å². The van der Waals surface area contributed by atoms with Gasteiger partial charge in [0, 0.05) is 24.9 Å². The monoisotopic (exact) mass is 283 g/mol. The van der Waals surface area contributed by atoms with Crippen molar-refractivity contribution in [2.45, 2.75) is 32.1 Å². The first-order valence-electron chi connectivity index (χ1n) is 7.43. The summed E-state index contributed by atoms with van der Waals surface area (Å²) in [6.45, 7) is 0.777. The molecule has 5 nitrogen and oxygen atoms in total. The number of aryl methyl sites for hydroxylation is 2. The van der Waals surface area contributed by atoms with Gasteiger partial charge in [0.05, 0.1) is 11.6 Å². The second kappa shape index (κ2) is 5.24. The van der Waals surface area contributed by atoms with Crippen LogP contribution in [-0.2, 0) is 19.3 Å². The summed E-state index contributed by atoms with van der Waals surface area (Å²) in [4.78, 5) is 8.66. The predicted octanol–water partition coefficient (Wildman–Crippen LogP) is 3.35. The lowest BCUT2D eigenvalue weighted by Gasteiger charge is -2.10. The molecule has 0 saturated heterocycles. The standard InChI is InChI=1S/C16H17N3O2/c1-2-6-13-12(5-1)14-15(18-10-19-16(14)21-13)17-8-7-11-4-3-9-20-11/h3-4,9-10H,1-2,5-8H2,(H,17,18,19). The van der Waals surface area contributed by atoms with Gasteiger partial charge in [-0.2, -0.15) is 0 Å². The summed E-state index contributed by atoms with van der Waals surface area (Å²) >= 11 is 0. The summed E-state index contributed by atoms with van der Waals surface area (Å²) < 4.78 is 11.2. The van der Waals surface area contributed by atoms with E-state index in [0.29, 0.717) is 5.71 Å². The van der Waals surface area contributed by atoms with Crippen molar-refractivity contribution in [1.82, 2.24) is 9.97 Å². The summed E-state index contributed by atoms with van der Waals surface area (Å²) in [7, 11) is 0. The molecule has 0 bridgehead atoms. The Morgan fingerprint density at radius 3 is 3.05 bits per heavy atom. The fraction of sp³-hybridized carbons (Fsp3) is 0.375. The van der Waals surface area contributed by atoms with Crippen molar-refractivity contribution in [2.75, 3.05) is 11.9 Å². The lowest BCUT2D eigenvalue weighted by molar-refractivity contribution is 0.499. The second-order valence-corrected chi connectivity index (χ2v) is 5.37. The number of nitrogens with zero attached hydrogens (tertiary/aromatic N) is 2. The molecule has 5 heteroatoms. The van der Waals surface area contributed by atoms with Gasteiger partial charge >= 0.3 is 0 Å². The lowest BCUT2D eigenvalue weighted by Crippen LogP contribution is -2.07. The minimum atomic E-state index is 0.706. The minimum absolute atomic E-state index is 0.706. The van der Waals surface area contributed by atoms with E-state index in [1.165, 1.54) is 18.4 Å². The van der Waals surface area contributed by atoms with E-state index in [1.54, 1.807) is 12.6 Å². The third kappa shape index (κ3) is 2.28.